The van der Waals surface area contributed by atoms with Crippen molar-refractivity contribution in [1.29, 1.82) is 0 Å². The molecule has 0 spiro atoms. The molecule has 0 unspecified atom stereocenters. The highest BCUT2D eigenvalue weighted by Gasteiger charge is 2.21. The molecule has 0 radical (unpaired) electrons. The fraction of sp³-hybridized carbons (Fsp3) is 0.556. The third kappa shape index (κ3) is 6.76. The maximum Gasteiger partial charge on any atom is 0.254 e. The summed E-state index contributed by atoms with van der Waals surface area (Å²) in [5.74, 6) is -0.564. The van der Waals surface area contributed by atoms with Gasteiger partial charge < -0.3 is 10.2 Å². The van der Waals surface area contributed by atoms with Crippen molar-refractivity contribution in [1.82, 2.24) is 14.9 Å². The molecule has 7 nitrogen and oxygen atoms in total. The average Bonchev–Trinajstić information content (AvgIpc) is 2.49. The molecular formula is C18H29N3O4S. The molecule has 2 amide bonds. The molecule has 26 heavy (non-hydrogen) atoms. The maximum absolute atomic E-state index is 12.6. The Morgan fingerprint density at radius 3 is 2.08 bits per heavy atom. The molecule has 0 fully saturated rings. The molecule has 0 heterocycles. The molecule has 0 aromatic heterocycles. The summed E-state index contributed by atoms with van der Waals surface area (Å²) in [7, 11) is -3.61. The first-order valence-corrected chi connectivity index (χ1v) is 10.1. The van der Waals surface area contributed by atoms with Gasteiger partial charge in [0.2, 0.25) is 15.9 Å². The third-order valence-corrected chi connectivity index (χ3v) is 4.99. The van der Waals surface area contributed by atoms with E-state index >= 15 is 0 Å². The van der Waals surface area contributed by atoms with Crippen LogP contribution in [0.4, 0.5) is 0 Å². The Hall–Kier alpha value is -1.93. The summed E-state index contributed by atoms with van der Waals surface area (Å²) in [5.41, 5.74) is -0.0437. The molecule has 0 bridgehead atoms. The number of likely N-dealkylation sites (N-methyl/N-ethyl adjacent to an activating group) is 1. The summed E-state index contributed by atoms with van der Waals surface area (Å²) in [5, 5.41) is 2.82. The van der Waals surface area contributed by atoms with Gasteiger partial charge in [0.15, 0.2) is 0 Å². The van der Waals surface area contributed by atoms with Gasteiger partial charge in [0.25, 0.3) is 5.91 Å². The van der Waals surface area contributed by atoms with Crippen molar-refractivity contribution in [3.05, 3.63) is 29.8 Å². The number of amides is 2. The first kappa shape index (κ1) is 22.1. The fourth-order valence-electron chi connectivity index (χ4n) is 2.30. The van der Waals surface area contributed by atoms with Crippen molar-refractivity contribution in [2.75, 3.05) is 13.1 Å². The number of hydrogen-bond donors (Lipinski definition) is 2. The largest absolute Gasteiger partial charge is 0.350 e. The summed E-state index contributed by atoms with van der Waals surface area (Å²) in [6.07, 6.45) is 0. The normalized spacial score (nSPS) is 12.1. The van der Waals surface area contributed by atoms with E-state index in [1.807, 2.05) is 20.8 Å². The molecule has 146 valence electrons. The Balaban J connectivity index is 2.90. The van der Waals surface area contributed by atoms with Gasteiger partial charge in [-0.2, -0.15) is 0 Å². The van der Waals surface area contributed by atoms with Crippen molar-refractivity contribution < 1.29 is 18.0 Å². The lowest BCUT2D eigenvalue weighted by Crippen LogP contribution is -2.47. The summed E-state index contributed by atoms with van der Waals surface area (Å²) in [4.78, 5) is 26.2. The van der Waals surface area contributed by atoms with Gasteiger partial charge in [0, 0.05) is 23.7 Å². The summed E-state index contributed by atoms with van der Waals surface area (Å²) in [6, 6.07) is 5.48. The third-order valence-electron chi connectivity index (χ3n) is 3.32. The quantitative estimate of drug-likeness (QED) is 0.750. The van der Waals surface area contributed by atoms with Crippen LogP contribution in [-0.2, 0) is 14.8 Å². The number of rotatable bonds is 7. The SMILES string of the molecule is CCN(CC(=O)NC(C)(C)C)C(=O)c1ccc(S(=O)(=O)NC(C)C)cc1. The smallest absolute Gasteiger partial charge is 0.254 e. The van der Waals surface area contributed by atoms with Gasteiger partial charge >= 0.3 is 0 Å². The first-order valence-electron chi connectivity index (χ1n) is 8.58. The van der Waals surface area contributed by atoms with Gasteiger partial charge in [-0.3, -0.25) is 9.59 Å². The highest BCUT2D eigenvalue weighted by Crippen LogP contribution is 2.13. The van der Waals surface area contributed by atoms with E-state index in [-0.39, 0.29) is 34.8 Å². The van der Waals surface area contributed by atoms with Crippen molar-refractivity contribution in [2.45, 2.75) is 58.0 Å². The summed E-state index contributed by atoms with van der Waals surface area (Å²) >= 11 is 0. The fourth-order valence-corrected chi connectivity index (χ4v) is 3.55. The van der Waals surface area contributed by atoms with E-state index in [4.69, 9.17) is 0 Å². The molecule has 2 N–H and O–H groups in total. The topological polar surface area (TPSA) is 95.6 Å². The number of sulfonamides is 1. The van der Waals surface area contributed by atoms with E-state index in [0.717, 1.165) is 0 Å². The number of nitrogens with zero attached hydrogens (tertiary/aromatic N) is 1. The molecular weight excluding hydrogens is 354 g/mol. The van der Waals surface area contributed by atoms with Crippen molar-refractivity contribution in [3.63, 3.8) is 0 Å². The van der Waals surface area contributed by atoms with E-state index < -0.39 is 10.0 Å². The standard InChI is InChI=1S/C18H29N3O4S/c1-7-21(12-16(22)19-18(4,5)6)17(23)14-8-10-15(11-9-14)26(24,25)20-13(2)3/h8-11,13,20H,7,12H2,1-6H3,(H,19,22). The average molecular weight is 384 g/mol. The minimum atomic E-state index is -3.61. The molecule has 0 aliphatic carbocycles. The first-order chi connectivity index (χ1) is 11.9. The zero-order chi connectivity index (χ0) is 20.1. The number of hydrogen-bond acceptors (Lipinski definition) is 4. The Labute approximate surface area is 156 Å². The molecule has 0 aliphatic heterocycles. The van der Waals surface area contributed by atoms with Crippen LogP contribution in [-0.4, -0.2) is 49.8 Å². The highest BCUT2D eigenvalue weighted by atomic mass is 32.2. The lowest BCUT2D eigenvalue weighted by atomic mass is 10.1. The second-order valence-corrected chi connectivity index (χ2v) is 9.13. The van der Waals surface area contributed by atoms with Crippen molar-refractivity contribution in [3.8, 4) is 0 Å². The zero-order valence-corrected chi connectivity index (χ0v) is 17.1. The van der Waals surface area contributed by atoms with Crippen LogP contribution < -0.4 is 10.0 Å². The number of benzene rings is 1. The van der Waals surface area contributed by atoms with E-state index in [2.05, 4.69) is 10.0 Å². The molecule has 1 rings (SSSR count). The predicted molar refractivity (Wildman–Crippen MR) is 101 cm³/mol. The van der Waals surface area contributed by atoms with E-state index in [1.165, 1.54) is 29.2 Å². The minimum Gasteiger partial charge on any atom is -0.350 e. The van der Waals surface area contributed by atoms with Crippen LogP contribution in [0.2, 0.25) is 0 Å². The predicted octanol–water partition coefficient (Wildman–Crippen LogP) is 1.75. The Bertz CT molecular complexity index is 735. The number of carbonyl (C=O) groups excluding carboxylic acids is 2. The molecule has 0 atom stereocenters. The number of nitrogens with one attached hydrogen (secondary N) is 2. The van der Waals surface area contributed by atoms with Crippen LogP contribution in [0, 0.1) is 0 Å². The Morgan fingerprint density at radius 1 is 1.12 bits per heavy atom. The number of carbonyl (C=O) groups is 2. The van der Waals surface area contributed by atoms with Gasteiger partial charge in [-0.1, -0.05) is 0 Å². The van der Waals surface area contributed by atoms with Crippen LogP contribution in [0.5, 0.6) is 0 Å². The van der Waals surface area contributed by atoms with Crippen LogP contribution in [0.1, 0.15) is 51.9 Å². The van der Waals surface area contributed by atoms with Crippen molar-refractivity contribution >= 4 is 21.8 Å². The second kappa shape index (κ2) is 8.64. The van der Waals surface area contributed by atoms with E-state index in [1.54, 1.807) is 20.8 Å². The molecule has 8 heteroatoms. The van der Waals surface area contributed by atoms with Crippen LogP contribution in [0.25, 0.3) is 0 Å². The monoisotopic (exact) mass is 383 g/mol. The van der Waals surface area contributed by atoms with Gasteiger partial charge in [-0.15, -0.1) is 0 Å². The van der Waals surface area contributed by atoms with Crippen LogP contribution >= 0.6 is 0 Å². The molecule has 0 saturated carbocycles. The molecule has 1 aromatic carbocycles. The second-order valence-electron chi connectivity index (χ2n) is 7.42. The lowest BCUT2D eigenvalue weighted by Gasteiger charge is -2.25. The molecule has 0 saturated heterocycles. The zero-order valence-electron chi connectivity index (χ0n) is 16.3. The van der Waals surface area contributed by atoms with E-state index in [9.17, 15) is 18.0 Å². The van der Waals surface area contributed by atoms with E-state index in [0.29, 0.717) is 12.1 Å². The minimum absolute atomic E-state index is 0.0540. The Kier molecular flexibility index (Phi) is 7.35. The van der Waals surface area contributed by atoms with Crippen LogP contribution in [0.3, 0.4) is 0 Å². The van der Waals surface area contributed by atoms with Gasteiger partial charge in [0.05, 0.1) is 11.4 Å². The Morgan fingerprint density at radius 2 is 1.65 bits per heavy atom. The summed E-state index contributed by atoms with van der Waals surface area (Å²) < 4.78 is 26.8. The van der Waals surface area contributed by atoms with Gasteiger partial charge in [-0.25, -0.2) is 13.1 Å². The van der Waals surface area contributed by atoms with Crippen molar-refractivity contribution in [2.24, 2.45) is 0 Å². The van der Waals surface area contributed by atoms with Crippen LogP contribution in [0.15, 0.2) is 29.2 Å². The maximum atomic E-state index is 12.6. The highest BCUT2D eigenvalue weighted by molar-refractivity contribution is 7.89. The molecule has 1 aromatic rings. The molecule has 0 aliphatic rings. The summed E-state index contributed by atoms with van der Waals surface area (Å²) in [6.45, 7) is 11.2. The van der Waals surface area contributed by atoms with Gasteiger partial charge in [-0.05, 0) is 65.8 Å². The van der Waals surface area contributed by atoms with Gasteiger partial charge in [0.1, 0.15) is 0 Å². The lowest BCUT2D eigenvalue weighted by molar-refractivity contribution is -0.123.